The van der Waals surface area contributed by atoms with Crippen molar-refractivity contribution < 1.29 is 13.9 Å². The maximum atomic E-state index is 13.3. The van der Waals surface area contributed by atoms with Crippen LogP contribution < -0.4 is 0 Å². The Balaban J connectivity index is 1.77. The number of benzene rings is 1. The molecule has 2 aromatic rings. The number of ether oxygens (including phenoxy) is 1. The fourth-order valence-electron chi connectivity index (χ4n) is 3.19. The van der Waals surface area contributed by atoms with Crippen LogP contribution in [0.5, 0.6) is 0 Å². The van der Waals surface area contributed by atoms with E-state index < -0.39 is 0 Å². The van der Waals surface area contributed by atoms with E-state index in [1.54, 1.807) is 6.07 Å². The van der Waals surface area contributed by atoms with Gasteiger partial charge in [0.05, 0.1) is 22.7 Å². The lowest BCUT2D eigenvalue weighted by atomic mass is 9.78. The number of rotatable bonds is 4. The third-order valence-electron chi connectivity index (χ3n) is 4.41. The van der Waals surface area contributed by atoms with Crippen molar-refractivity contribution in [3.63, 3.8) is 0 Å². The van der Waals surface area contributed by atoms with Gasteiger partial charge in [0.25, 0.3) is 0 Å². The highest BCUT2D eigenvalue weighted by atomic mass is 32.1. The maximum absolute atomic E-state index is 13.3. The van der Waals surface area contributed by atoms with Gasteiger partial charge in [-0.25, -0.2) is 9.37 Å². The molecular formula is C18H20FNO2S. The van der Waals surface area contributed by atoms with Crippen molar-refractivity contribution >= 4 is 33.1 Å². The molecule has 0 saturated heterocycles. The second kappa shape index (κ2) is 6.79. The van der Waals surface area contributed by atoms with Crippen LogP contribution in [0, 0.1) is 17.7 Å². The fourth-order valence-corrected chi connectivity index (χ4v) is 4.19. The van der Waals surface area contributed by atoms with Gasteiger partial charge in [-0.05, 0) is 49.8 Å². The Morgan fingerprint density at radius 2 is 2.22 bits per heavy atom. The zero-order valence-corrected chi connectivity index (χ0v) is 14.0. The average Bonchev–Trinajstić information content (AvgIpc) is 2.97. The molecule has 1 saturated carbocycles. The predicted octanol–water partition coefficient (Wildman–Crippen LogP) is 4.82. The Kier molecular flexibility index (Phi) is 4.76. The Labute approximate surface area is 139 Å². The zero-order chi connectivity index (χ0) is 16.4. The van der Waals surface area contributed by atoms with Crippen molar-refractivity contribution in [2.45, 2.75) is 32.6 Å². The zero-order valence-electron chi connectivity index (χ0n) is 13.2. The predicted molar refractivity (Wildman–Crippen MR) is 90.7 cm³/mol. The molecule has 122 valence electrons. The van der Waals surface area contributed by atoms with Gasteiger partial charge in [-0.15, -0.1) is 11.3 Å². The normalized spacial score (nSPS) is 21.3. The number of hydrogen-bond acceptors (Lipinski definition) is 4. The molecule has 1 aliphatic rings. The minimum Gasteiger partial charge on any atom is -0.466 e. The number of carbonyl (C=O) groups is 1. The van der Waals surface area contributed by atoms with Crippen LogP contribution in [0.2, 0.25) is 0 Å². The molecule has 1 aliphatic carbocycles. The minimum absolute atomic E-state index is 0.0442. The third-order valence-corrected chi connectivity index (χ3v) is 5.52. The van der Waals surface area contributed by atoms with E-state index >= 15 is 0 Å². The Bertz CT molecular complexity index is 740. The Morgan fingerprint density at radius 3 is 3.00 bits per heavy atom. The summed E-state index contributed by atoms with van der Waals surface area (Å²) in [6, 6.07) is 4.65. The van der Waals surface area contributed by atoms with Crippen molar-refractivity contribution in [1.29, 1.82) is 0 Å². The molecule has 0 bridgehead atoms. The topological polar surface area (TPSA) is 39.2 Å². The van der Waals surface area contributed by atoms with E-state index in [0.29, 0.717) is 12.1 Å². The number of halogens is 1. The van der Waals surface area contributed by atoms with Gasteiger partial charge in [-0.3, -0.25) is 4.79 Å². The van der Waals surface area contributed by atoms with Crippen LogP contribution in [-0.4, -0.2) is 17.6 Å². The number of carbonyl (C=O) groups excluding carboxylic acids is 1. The van der Waals surface area contributed by atoms with Gasteiger partial charge < -0.3 is 4.74 Å². The number of thiazole rings is 1. The summed E-state index contributed by atoms with van der Waals surface area (Å²) in [4.78, 5) is 16.5. The lowest BCUT2D eigenvalue weighted by Crippen LogP contribution is -2.25. The van der Waals surface area contributed by atoms with Crippen LogP contribution in [-0.2, 0) is 9.53 Å². The van der Waals surface area contributed by atoms with Crippen LogP contribution in [0.25, 0.3) is 15.8 Å². The fraction of sp³-hybridized carbons (Fsp3) is 0.444. The summed E-state index contributed by atoms with van der Waals surface area (Å²) >= 11 is 1.53. The van der Waals surface area contributed by atoms with Gasteiger partial charge in [0, 0.05) is 6.07 Å². The van der Waals surface area contributed by atoms with Gasteiger partial charge in [-0.1, -0.05) is 13.0 Å². The van der Waals surface area contributed by atoms with Gasteiger partial charge in [0.1, 0.15) is 10.8 Å². The minimum atomic E-state index is -0.278. The van der Waals surface area contributed by atoms with Crippen molar-refractivity contribution in [3.8, 4) is 0 Å². The molecule has 1 aromatic heterocycles. The number of allylic oxidation sites excluding steroid dienone is 1. The lowest BCUT2D eigenvalue weighted by Gasteiger charge is -2.28. The molecule has 5 heteroatoms. The largest absolute Gasteiger partial charge is 0.466 e. The van der Waals surface area contributed by atoms with Gasteiger partial charge in [0.2, 0.25) is 0 Å². The first kappa shape index (κ1) is 16.1. The molecule has 1 fully saturated rings. The molecular weight excluding hydrogens is 313 g/mol. The highest BCUT2D eigenvalue weighted by Gasteiger charge is 2.30. The summed E-state index contributed by atoms with van der Waals surface area (Å²) in [6.07, 6.45) is 3.65. The van der Waals surface area contributed by atoms with E-state index in [1.165, 1.54) is 23.5 Å². The number of fused-ring (bicyclic) bond motifs is 1. The molecule has 1 heterocycles. The standard InChI is InChI=1S/C18H20FNO2S/c1-3-22-18(21)13-6-4-5-12(9-13)11(2)17-20-15-10-14(19)7-8-16(15)23-17/h7-8,10,12-13H,2-6,9H2,1H3. The van der Waals surface area contributed by atoms with Crippen LogP contribution in [0.3, 0.4) is 0 Å². The molecule has 2 atom stereocenters. The number of esters is 1. The monoisotopic (exact) mass is 333 g/mol. The number of aromatic nitrogens is 1. The SMILES string of the molecule is C=C(c1nc2cc(F)ccc2s1)C1CCCC(C(=O)OCC)C1. The van der Waals surface area contributed by atoms with Gasteiger partial charge in [-0.2, -0.15) is 0 Å². The lowest BCUT2D eigenvalue weighted by molar-refractivity contribution is -0.149. The number of nitrogens with zero attached hydrogens (tertiary/aromatic N) is 1. The highest BCUT2D eigenvalue weighted by molar-refractivity contribution is 7.19. The summed E-state index contributed by atoms with van der Waals surface area (Å²) in [6.45, 7) is 6.46. The van der Waals surface area contributed by atoms with Crippen LogP contribution in [0.4, 0.5) is 4.39 Å². The second-order valence-electron chi connectivity index (χ2n) is 5.97. The van der Waals surface area contributed by atoms with E-state index in [1.807, 2.05) is 6.92 Å². The smallest absolute Gasteiger partial charge is 0.308 e. The van der Waals surface area contributed by atoms with Gasteiger partial charge in [0.15, 0.2) is 0 Å². The van der Waals surface area contributed by atoms with Crippen molar-refractivity contribution in [3.05, 3.63) is 35.6 Å². The molecule has 0 N–H and O–H groups in total. The van der Waals surface area contributed by atoms with Crippen LogP contribution in [0.1, 0.15) is 37.6 Å². The van der Waals surface area contributed by atoms with Crippen molar-refractivity contribution in [2.24, 2.45) is 11.8 Å². The van der Waals surface area contributed by atoms with E-state index in [0.717, 1.165) is 41.0 Å². The summed E-state index contributed by atoms with van der Waals surface area (Å²) < 4.78 is 19.4. The third kappa shape index (κ3) is 3.44. The molecule has 23 heavy (non-hydrogen) atoms. The van der Waals surface area contributed by atoms with Crippen LogP contribution >= 0.6 is 11.3 Å². The van der Waals surface area contributed by atoms with E-state index in [-0.39, 0.29) is 23.6 Å². The summed E-state index contributed by atoms with van der Waals surface area (Å²) in [5.41, 5.74) is 1.63. The van der Waals surface area contributed by atoms with E-state index in [4.69, 9.17) is 4.74 Å². The molecule has 0 radical (unpaired) electrons. The number of hydrogen-bond donors (Lipinski definition) is 0. The molecule has 2 unspecified atom stereocenters. The second-order valence-corrected chi connectivity index (χ2v) is 7.00. The first-order valence-electron chi connectivity index (χ1n) is 8.00. The first-order valence-corrected chi connectivity index (χ1v) is 8.82. The summed E-state index contributed by atoms with van der Waals surface area (Å²) in [5.74, 6) is -0.183. The Morgan fingerprint density at radius 1 is 1.43 bits per heavy atom. The quantitative estimate of drug-likeness (QED) is 0.753. The summed E-state index contributed by atoms with van der Waals surface area (Å²) in [7, 11) is 0. The first-order chi connectivity index (χ1) is 11.1. The molecule has 0 aliphatic heterocycles. The van der Waals surface area contributed by atoms with Crippen molar-refractivity contribution in [1.82, 2.24) is 4.98 Å². The molecule has 0 amide bonds. The molecule has 3 nitrogen and oxygen atoms in total. The van der Waals surface area contributed by atoms with E-state index in [9.17, 15) is 9.18 Å². The Hall–Kier alpha value is -1.75. The molecule has 3 rings (SSSR count). The highest BCUT2D eigenvalue weighted by Crippen LogP contribution is 2.39. The molecule has 1 aromatic carbocycles. The summed E-state index contributed by atoms with van der Waals surface area (Å²) in [5, 5.41) is 0.847. The average molecular weight is 333 g/mol. The molecule has 0 spiro atoms. The van der Waals surface area contributed by atoms with E-state index in [2.05, 4.69) is 11.6 Å². The van der Waals surface area contributed by atoms with Crippen LogP contribution in [0.15, 0.2) is 24.8 Å². The van der Waals surface area contributed by atoms with Crippen molar-refractivity contribution in [2.75, 3.05) is 6.61 Å². The van der Waals surface area contributed by atoms with Gasteiger partial charge >= 0.3 is 5.97 Å². The maximum Gasteiger partial charge on any atom is 0.308 e.